The molecule has 0 atom stereocenters. The Bertz CT molecular complexity index is 980. The van der Waals surface area contributed by atoms with Crippen molar-refractivity contribution in [2.24, 2.45) is 4.99 Å². The molecule has 1 aliphatic rings. The Hall–Kier alpha value is -2.48. The van der Waals surface area contributed by atoms with Gasteiger partial charge in [-0.2, -0.15) is 0 Å². The van der Waals surface area contributed by atoms with Crippen LogP contribution < -0.4 is 0 Å². The number of fused-ring (bicyclic) bond motifs is 2. The molecular weight excluding hydrogens is 292 g/mol. The standard InChI is InChI=1S/C22H22N2/c1-14-9-15(2)19-11-17(13-23-20(19)10-14)21-18-8-6-5-7-16(18)12-22(3,4)24-21/h5-11,13H,12H2,1-4H3. The van der Waals surface area contributed by atoms with Crippen molar-refractivity contribution >= 4 is 16.6 Å². The van der Waals surface area contributed by atoms with E-state index in [1.54, 1.807) is 0 Å². The van der Waals surface area contributed by atoms with Crippen LogP contribution in [0.15, 0.2) is 53.7 Å². The van der Waals surface area contributed by atoms with Crippen LogP contribution in [0.25, 0.3) is 10.9 Å². The maximum Gasteiger partial charge on any atom is 0.0744 e. The summed E-state index contributed by atoms with van der Waals surface area (Å²) in [5, 5.41) is 1.21. The van der Waals surface area contributed by atoms with Gasteiger partial charge >= 0.3 is 0 Å². The third-order valence-corrected chi connectivity index (χ3v) is 4.74. The first kappa shape index (κ1) is 15.1. The quantitative estimate of drug-likeness (QED) is 0.619. The van der Waals surface area contributed by atoms with Crippen molar-refractivity contribution in [3.63, 3.8) is 0 Å². The summed E-state index contributed by atoms with van der Waals surface area (Å²) in [6.07, 6.45) is 2.95. The number of aliphatic imine (C=N–C) groups is 1. The number of hydrogen-bond acceptors (Lipinski definition) is 2. The van der Waals surface area contributed by atoms with E-state index in [4.69, 9.17) is 9.98 Å². The summed E-state index contributed by atoms with van der Waals surface area (Å²) in [6.45, 7) is 8.67. The lowest BCUT2D eigenvalue weighted by Crippen LogP contribution is -2.29. The van der Waals surface area contributed by atoms with Crippen molar-refractivity contribution in [3.05, 3.63) is 76.5 Å². The molecular formula is C22H22N2. The second kappa shape index (κ2) is 5.27. The zero-order chi connectivity index (χ0) is 16.9. The van der Waals surface area contributed by atoms with Crippen LogP contribution in [0, 0.1) is 13.8 Å². The first-order valence-corrected chi connectivity index (χ1v) is 8.48. The van der Waals surface area contributed by atoms with Gasteiger partial charge in [0.1, 0.15) is 0 Å². The van der Waals surface area contributed by atoms with E-state index in [1.807, 2.05) is 6.20 Å². The second-order valence-corrected chi connectivity index (χ2v) is 7.48. The van der Waals surface area contributed by atoms with Gasteiger partial charge in [0, 0.05) is 22.7 Å². The van der Waals surface area contributed by atoms with Crippen LogP contribution in [-0.2, 0) is 6.42 Å². The highest BCUT2D eigenvalue weighted by atomic mass is 14.9. The van der Waals surface area contributed by atoms with Crippen LogP contribution in [-0.4, -0.2) is 16.2 Å². The summed E-state index contributed by atoms with van der Waals surface area (Å²) in [6, 6.07) is 15.2. The summed E-state index contributed by atoms with van der Waals surface area (Å²) in [5.41, 5.74) is 8.27. The zero-order valence-electron chi connectivity index (χ0n) is 14.7. The summed E-state index contributed by atoms with van der Waals surface area (Å²) >= 11 is 0. The van der Waals surface area contributed by atoms with Crippen LogP contribution in [0.1, 0.15) is 41.7 Å². The first-order valence-electron chi connectivity index (χ1n) is 8.48. The normalized spacial score (nSPS) is 15.9. The Kier molecular flexibility index (Phi) is 3.31. The van der Waals surface area contributed by atoms with E-state index in [0.717, 1.165) is 23.2 Å². The maximum atomic E-state index is 5.06. The molecule has 0 saturated carbocycles. The molecule has 2 nitrogen and oxygen atoms in total. The highest BCUT2D eigenvalue weighted by Gasteiger charge is 2.27. The Balaban J connectivity index is 1.94. The molecule has 24 heavy (non-hydrogen) atoms. The molecule has 3 aromatic rings. The number of rotatable bonds is 1. The lowest BCUT2D eigenvalue weighted by Gasteiger charge is -2.29. The predicted molar refractivity (Wildman–Crippen MR) is 101 cm³/mol. The molecule has 2 aromatic carbocycles. The lowest BCUT2D eigenvalue weighted by atomic mass is 9.85. The molecule has 0 amide bonds. The van der Waals surface area contributed by atoms with E-state index >= 15 is 0 Å². The molecule has 1 aromatic heterocycles. The number of pyridine rings is 1. The van der Waals surface area contributed by atoms with Gasteiger partial charge in [0.2, 0.25) is 0 Å². The van der Waals surface area contributed by atoms with Crippen molar-refractivity contribution in [2.45, 2.75) is 39.7 Å². The van der Waals surface area contributed by atoms with E-state index < -0.39 is 0 Å². The number of hydrogen-bond donors (Lipinski definition) is 0. The molecule has 0 spiro atoms. The lowest BCUT2D eigenvalue weighted by molar-refractivity contribution is 0.513. The highest BCUT2D eigenvalue weighted by molar-refractivity contribution is 6.15. The average molecular weight is 314 g/mol. The Morgan fingerprint density at radius 3 is 2.62 bits per heavy atom. The minimum atomic E-state index is -0.0824. The van der Waals surface area contributed by atoms with Crippen molar-refractivity contribution in [1.82, 2.24) is 4.98 Å². The van der Waals surface area contributed by atoms with E-state index in [9.17, 15) is 0 Å². The molecule has 0 unspecified atom stereocenters. The number of aryl methyl sites for hydroxylation is 2. The van der Waals surface area contributed by atoms with Gasteiger partial charge in [0.25, 0.3) is 0 Å². The number of aromatic nitrogens is 1. The molecule has 120 valence electrons. The molecule has 2 heteroatoms. The van der Waals surface area contributed by atoms with Crippen molar-refractivity contribution in [2.75, 3.05) is 0 Å². The Morgan fingerprint density at radius 2 is 1.79 bits per heavy atom. The Morgan fingerprint density at radius 1 is 1.00 bits per heavy atom. The Labute approximate surface area is 143 Å². The third kappa shape index (κ3) is 2.52. The SMILES string of the molecule is Cc1cc(C)c2cc(C3=NC(C)(C)Cc4ccccc43)cnc2c1. The number of nitrogens with zero attached hydrogens (tertiary/aromatic N) is 2. The van der Waals surface area contributed by atoms with Gasteiger partial charge in [0.05, 0.1) is 16.8 Å². The molecule has 4 rings (SSSR count). The van der Waals surface area contributed by atoms with Crippen LogP contribution >= 0.6 is 0 Å². The van der Waals surface area contributed by atoms with Gasteiger partial charge in [-0.15, -0.1) is 0 Å². The van der Waals surface area contributed by atoms with Crippen LogP contribution in [0.4, 0.5) is 0 Å². The molecule has 2 heterocycles. The van der Waals surface area contributed by atoms with Gasteiger partial charge in [-0.25, -0.2) is 0 Å². The molecule has 0 aliphatic carbocycles. The molecule has 0 bridgehead atoms. The van der Waals surface area contributed by atoms with E-state index in [0.29, 0.717) is 0 Å². The van der Waals surface area contributed by atoms with E-state index in [-0.39, 0.29) is 5.54 Å². The molecule has 0 fully saturated rings. The fourth-order valence-electron chi connectivity index (χ4n) is 3.71. The van der Waals surface area contributed by atoms with Crippen LogP contribution in [0.5, 0.6) is 0 Å². The minimum Gasteiger partial charge on any atom is -0.278 e. The predicted octanol–water partition coefficient (Wildman–Crippen LogP) is 5.02. The maximum absolute atomic E-state index is 5.06. The fourth-order valence-corrected chi connectivity index (χ4v) is 3.71. The smallest absolute Gasteiger partial charge is 0.0744 e. The monoisotopic (exact) mass is 314 g/mol. The topological polar surface area (TPSA) is 25.2 Å². The van der Waals surface area contributed by atoms with Gasteiger partial charge in [-0.3, -0.25) is 9.98 Å². The van der Waals surface area contributed by atoms with Gasteiger partial charge in [0.15, 0.2) is 0 Å². The molecule has 0 N–H and O–H groups in total. The summed E-state index contributed by atoms with van der Waals surface area (Å²) in [7, 11) is 0. The van der Waals surface area contributed by atoms with Crippen LogP contribution in [0.3, 0.4) is 0 Å². The third-order valence-electron chi connectivity index (χ3n) is 4.74. The summed E-state index contributed by atoms with van der Waals surface area (Å²) in [4.78, 5) is 9.77. The molecule has 0 radical (unpaired) electrons. The highest BCUT2D eigenvalue weighted by Crippen LogP contribution is 2.30. The first-order chi connectivity index (χ1) is 11.4. The van der Waals surface area contributed by atoms with Gasteiger partial charge in [-0.1, -0.05) is 30.3 Å². The van der Waals surface area contributed by atoms with E-state index in [1.165, 1.54) is 27.6 Å². The molecule has 0 saturated heterocycles. The van der Waals surface area contributed by atoms with Crippen molar-refractivity contribution in [1.29, 1.82) is 0 Å². The zero-order valence-corrected chi connectivity index (χ0v) is 14.7. The van der Waals surface area contributed by atoms with Gasteiger partial charge < -0.3 is 0 Å². The molecule has 1 aliphatic heterocycles. The van der Waals surface area contributed by atoms with Crippen molar-refractivity contribution in [3.8, 4) is 0 Å². The summed E-state index contributed by atoms with van der Waals surface area (Å²) in [5.74, 6) is 0. The van der Waals surface area contributed by atoms with E-state index in [2.05, 4.69) is 70.2 Å². The minimum absolute atomic E-state index is 0.0824. The largest absolute Gasteiger partial charge is 0.278 e. The van der Waals surface area contributed by atoms with Gasteiger partial charge in [-0.05, 0) is 62.9 Å². The fraction of sp³-hybridized carbons (Fsp3) is 0.273. The second-order valence-electron chi connectivity index (χ2n) is 7.48. The summed E-state index contributed by atoms with van der Waals surface area (Å²) < 4.78 is 0. The van der Waals surface area contributed by atoms with Crippen molar-refractivity contribution < 1.29 is 0 Å². The van der Waals surface area contributed by atoms with Crippen LogP contribution in [0.2, 0.25) is 0 Å². The number of benzene rings is 2. The average Bonchev–Trinajstić information content (AvgIpc) is 2.53.